The van der Waals surface area contributed by atoms with Gasteiger partial charge in [0, 0.05) is 6.61 Å². The zero-order valence-electron chi connectivity index (χ0n) is 19.6. The molecule has 2 N–H and O–H groups in total. The van der Waals surface area contributed by atoms with Crippen LogP contribution in [-0.4, -0.2) is 35.1 Å². The van der Waals surface area contributed by atoms with E-state index in [9.17, 15) is 10.2 Å². The van der Waals surface area contributed by atoms with E-state index in [4.69, 9.17) is 4.74 Å². The fourth-order valence-electron chi connectivity index (χ4n) is 9.20. The molecule has 1 aliphatic heterocycles. The normalized spacial score (nSPS) is 53.3. The molecule has 3 saturated carbocycles. The van der Waals surface area contributed by atoms with Crippen molar-refractivity contribution in [2.24, 2.45) is 46.3 Å². The number of allylic oxidation sites excluding steroid dienone is 1. The minimum absolute atomic E-state index is 0.111. The molecule has 0 bridgehead atoms. The zero-order chi connectivity index (χ0) is 21.3. The van der Waals surface area contributed by atoms with Gasteiger partial charge in [-0.2, -0.15) is 0 Å². The predicted octanol–water partition coefficient (Wildman–Crippen LogP) is 5.35. The molecule has 5 aliphatic rings. The first-order valence-corrected chi connectivity index (χ1v) is 12.9. The van der Waals surface area contributed by atoms with Gasteiger partial charge in [0.05, 0.1) is 18.3 Å². The van der Waals surface area contributed by atoms with E-state index < -0.39 is 0 Å². The van der Waals surface area contributed by atoms with E-state index >= 15 is 0 Å². The minimum Gasteiger partial charge on any atom is -0.396 e. The molecule has 1 saturated heterocycles. The third-order valence-electron chi connectivity index (χ3n) is 10.9. The Morgan fingerprint density at radius 1 is 1.20 bits per heavy atom. The van der Waals surface area contributed by atoms with Crippen molar-refractivity contribution >= 4 is 0 Å². The number of ether oxygens (including phenoxy) is 1. The van der Waals surface area contributed by atoms with Crippen molar-refractivity contribution in [1.29, 1.82) is 0 Å². The summed E-state index contributed by atoms with van der Waals surface area (Å²) < 4.78 is 6.75. The van der Waals surface area contributed by atoms with Crippen molar-refractivity contribution in [3.63, 3.8) is 0 Å². The van der Waals surface area contributed by atoms with Crippen molar-refractivity contribution in [3.05, 3.63) is 11.6 Å². The molecule has 1 heterocycles. The quantitative estimate of drug-likeness (QED) is 0.608. The van der Waals surface area contributed by atoms with Crippen LogP contribution in [0, 0.1) is 46.3 Å². The molecule has 0 aromatic carbocycles. The third kappa shape index (κ3) is 3.09. The Labute approximate surface area is 183 Å². The molecule has 11 atom stereocenters. The van der Waals surface area contributed by atoms with E-state index in [-0.39, 0.29) is 6.10 Å². The number of hydrogen-bond acceptors (Lipinski definition) is 3. The Morgan fingerprint density at radius 3 is 2.77 bits per heavy atom. The van der Waals surface area contributed by atoms with Crippen LogP contribution in [0.4, 0.5) is 0 Å². The molecule has 4 aliphatic carbocycles. The molecule has 5 rings (SSSR count). The van der Waals surface area contributed by atoms with Gasteiger partial charge in [-0.1, -0.05) is 39.3 Å². The van der Waals surface area contributed by atoms with Gasteiger partial charge >= 0.3 is 0 Å². The molecule has 0 amide bonds. The second kappa shape index (κ2) is 7.59. The predicted molar refractivity (Wildman–Crippen MR) is 120 cm³/mol. The average molecular weight is 417 g/mol. The lowest BCUT2D eigenvalue weighted by Gasteiger charge is -2.58. The smallest absolute Gasteiger partial charge is 0.0618 e. The Balaban J connectivity index is 1.34. The first-order valence-electron chi connectivity index (χ1n) is 12.9. The Kier molecular flexibility index (Phi) is 5.43. The van der Waals surface area contributed by atoms with Crippen molar-refractivity contribution in [3.8, 4) is 0 Å². The maximum atomic E-state index is 10.2. The van der Waals surface area contributed by atoms with Gasteiger partial charge in [0.2, 0.25) is 0 Å². The highest BCUT2D eigenvalue weighted by atomic mass is 16.5. The first-order chi connectivity index (χ1) is 14.3. The molecule has 0 spiro atoms. The highest BCUT2D eigenvalue weighted by Crippen LogP contribution is 2.69. The van der Waals surface area contributed by atoms with Crippen LogP contribution >= 0.6 is 0 Å². The summed E-state index contributed by atoms with van der Waals surface area (Å²) in [7, 11) is 0. The summed E-state index contributed by atoms with van der Waals surface area (Å²) in [5.41, 5.74) is 2.33. The zero-order valence-corrected chi connectivity index (χ0v) is 19.6. The van der Waals surface area contributed by atoms with Crippen molar-refractivity contribution in [2.45, 2.75) is 104 Å². The first kappa shape index (κ1) is 21.5. The van der Waals surface area contributed by atoms with E-state index in [0.717, 1.165) is 43.4 Å². The molecular formula is C27H44O3. The van der Waals surface area contributed by atoms with Crippen LogP contribution in [0.15, 0.2) is 11.6 Å². The second-order valence-electron chi connectivity index (χ2n) is 12.4. The molecule has 170 valence electrons. The molecule has 30 heavy (non-hydrogen) atoms. The van der Waals surface area contributed by atoms with Crippen LogP contribution in [0.25, 0.3) is 0 Å². The van der Waals surface area contributed by atoms with Gasteiger partial charge < -0.3 is 14.9 Å². The standard InChI is InChI=1S/C27H44O3/c1-16(15-28)5-8-23-17(2)25-24(30-23)14-22-20-7-6-18-13-19(29)9-11-26(18,3)21(20)10-12-27(22,25)4/h6,16-17,19-25,28-29H,5,7-15H2,1-4H3/t16-,17-,19+,20-,21+,22+,23-,24+,25+,26+,27+/m1/s1. The van der Waals surface area contributed by atoms with Crippen LogP contribution in [0.1, 0.15) is 85.5 Å². The molecule has 3 heteroatoms. The largest absolute Gasteiger partial charge is 0.396 e. The van der Waals surface area contributed by atoms with Crippen LogP contribution in [0.2, 0.25) is 0 Å². The summed E-state index contributed by atoms with van der Waals surface area (Å²) in [6.45, 7) is 10.0. The minimum atomic E-state index is -0.111. The molecule has 4 fully saturated rings. The van der Waals surface area contributed by atoms with Gasteiger partial charge in [-0.3, -0.25) is 0 Å². The summed E-state index contributed by atoms with van der Waals surface area (Å²) in [5.74, 6) is 4.15. The lowest BCUT2D eigenvalue weighted by molar-refractivity contribution is -0.0590. The summed E-state index contributed by atoms with van der Waals surface area (Å²) in [6.07, 6.45) is 13.8. The van der Waals surface area contributed by atoms with E-state index in [1.165, 1.54) is 32.1 Å². The monoisotopic (exact) mass is 416 g/mol. The van der Waals surface area contributed by atoms with Gasteiger partial charge in [-0.05, 0) is 104 Å². The highest BCUT2D eigenvalue weighted by molar-refractivity contribution is 5.26. The molecule has 0 aromatic heterocycles. The number of aliphatic hydroxyl groups excluding tert-OH is 2. The van der Waals surface area contributed by atoms with Gasteiger partial charge in [-0.25, -0.2) is 0 Å². The lowest BCUT2D eigenvalue weighted by Crippen LogP contribution is -2.51. The molecule has 0 aromatic rings. The van der Waals surface area contributed by atoms with E-state index in [0.29, 0.717) is 47.4 Å². The Hall–Kier alpha value is -0.380. The Bertz CT molecular complexity index is 688. The number of hydrogen-bond donors (Lipinski definition) is 2. The van der Waals surface area contributed by atoms with Gasteiger partial charge in [0.25, 0.3) is 0 Å². The van der Waals surface area contributed by atoms with E-state index in [2.05, 4.69) is 33.8 Å². The third-order valence-corrected chi connectivity index (χ3v) is 10.9. The maximum Gasteiger partial charge on any atom is 0.0618 e. The molecule has 3 nitrogen and oxygen atoms in total. The summed E-state index contributed by atoms with van der Waals surface area (Å²) >= 11 is 0. The summed E-state index contributed by atoms with van der Waals surface area (Å²) in [6, 6.07) is 0. The van der Waals surface area contributed by atoms with Crippen molar-refractivity contribution in [1.82, 2.24) is 0 Å². The highest BCUT2D eigenvalue weighted by Gasteiger charge is 2.64. The second-order valence-corrected chi connectivity index (χ2v) is 12.4. The van der Waals surface area contributed by atoms with Crippen molar-refractivity contribution in [2.75, 3.05) is 6.61 Å². The molecular weight excluding hydrogens is 372 g/mol. The molecule has 0 unspecified atom stereocenters. The van der Waals surface area contributed by atoms with Crippen LogP contribution < -0.4 is 0 Å². The topological polar surface area (TPSA) is 49.7 Å². The Morgan fingerprint density at radius 2 is 2.00 bits per heavy atom. The van der Waals surface area contributed by atoms with Crippen LogP contribution in [0.3, 0.4) is 0 Å². The maximum absolute atomic E-state index is 10.2. The fourth-order valence-corrected chi connectivity index (χ4v) is 9.20. The average Bonchev–Trinajstić information content (AvgIpc) is 3.20. The number of fused-ring (bicyclic) bond motifs is 7. The SMILES string of the molecule is C[C@@H](CO)CC[C@H]1O[C@H]2C[C@H]3[C@@H]4CC=C5C[C@@H](O)CC[C@]5(C)[C@H]4CC[C@]3(C)[C@H]2[C@@H]1C. The van der Waals surface area contributed by atoms with Gasteiger partial charge in [0.1, 0.15) is 0 Å². The molecule has 0 radical (unpaired) electrons. The van der Waals surface area contributed by atoms with Crippen molar-refractivity contribution < 1.29 is 14.9 Å². The van der Waals surface area contributed by atoms with Gasteiger partial charge in [-0.15, -0.1) is 0 Å². The van der Waals surface area contributed by atoms with Crippen LogP contribution in [0.5, 0.6) is 0 Å². The van der Waals surface area contributed by atoms with E-state index in [1.807, 2.05) is 0 Å². The lowest BCUT2D eigenvalue weighted by atomic mass is 9.47. The number of rotatable bonds is 4. The summed E-state index contributed by atoms with van der Waals surface area (Å²) in [4.78, 5) is 0. The van der Waals surface area contributed by atoms with E-state index in [1.54, 1.807) is 5.57 Å². The fraction of sp³-hybridized carbons (Fsp3) is 0.926. The van der Waals surface area contributed by atoms with Crippen LogP contribution in [-0.2, 0) is 4.74 Å². The summed E-state index contributed by atoms with van der Waals surface area (Å²) in [5, 5.41) is 19.6. The van der Waals surface area contributed by atoms with Gasteiger partial charge in [0.15, 0.2) is 0 Å². The number of aliphatic hydroxyl groups is 2.